The summed E-state index contributed by atoms with van der Waals surface area (Å²) < 4.78 is 36.5. The van der Waals surface area contributed by atoms with Crippen LogP contribution >= 0.6 is 11.3 Å². The van der Waals surface area contributed by atoms with Crippen molar-refractivity contribution in [3.05, 3.63) is 22.4 Å². The fraction of sp³-hybridized carbons (Fsp3) is 0.636. The molecule has 2 unspecified atom stereocenters. The van der Waals surface area contributed by atoms with Gasteiger partial charge in [0.05, 0.1) is 0 Å². The van der Waals surface area contributed by atoms with Gasteiger partial charge in [0, 0.05) is 17.5 Å². The molecule has 0 radical (unpaired) electrons. The zero-order chi connectivity index (χ0) is 13.1. The number of halogens is 3. The van der Waals surface area contributed by atoms with Gasteiger partial charge in [-0.3, -0.25) is 0 Å². The first kappa shape index (κ1) is 14.5. The Morgan fingerprint density at radius 2 is 2.12 bits per heavy atom. The number of thiophene rings is 1. The Morgan fingerprint density at radius 3 is 2.59 bits per heavy atom. The minimum atomic E-state index is -4.54. The van der Waals surface area contributed by atoms with E-state index in [1.165, 1.54) is 4.90 Å². The molecule has 0 saturated carbocycles. The molecule has 0 saturated heterocycles. The summed E-state index contributed by atoms with van der Waals surface area (Å²) in [7, 11) is 1.59. The lowest BCUT2D eigenvalue weighted by Gasteiger charge is -2.27. The van der Waals surface area contributed by atoms with Gasteiger partial charge in [-0.1, -0.05) is 6.07 Å². The van der Waals surface area contributed by atoms with Gasteiger partial charge in [-0.2, -0.15) is 13.2 Å². The highest BCUT2D eigenvalue weighted by atomic mass is 32.1. The quantitative estimate of drug-likeness (QED) is 0.886. The molecule has 2 atom stereocenters. The highest BCUT2D eigenvalue weighted by Crippen LogP contribution is 2.21. The van der Waals surface area contributed by atoms with Gasteiger partial charge in [-0.15, -0.1) is 11.3 Å². The zero-order valence-corrected chi connectivity index (χ0v) is 10.6. The lowest BCUT2D eigenvalue weighted by molar-refractivity contribution is -0.208. The normalized spacial score (nSPS) is 16.2. The summed E-state index contributed by atoms with van der Waals surface area (Å²) in [5.41, 5.74) is 0. The van der Waals surface area contributed by atoms with E-state index in [-0.39, 0.29) is 6.04 Å². The van der Waals surface area contributed by atoms with Crippen molar-refractivity contribution < 1.29 is 18.3 Å². The molecule has 0 amide bonds. The summed E-state index contributed by atoms with van der Waals surface area (Å²) >= 11 is 1.58. The van der Waals surface area contributed by atoms with E-state index >= 15 is 0 Å². The van der Waals surface area contributed by atoms with Crippen molar-refractivity contribution in [1.82, 2.24) is 4.90 Å². The van der Waals surface area contributed by atoms with E-state index in [4.69, 9.17) is 5.11 Å². The fourth-order valence-electron chi connectivity index (χ4n) is 1.43. The molecule has 1 heterocycles. The van der Waals surface area contributed by atoms with E-state index in [0.717, 1.165) is 4.88 Å². The van der Waals surface area contributed by atoms with Crippen LogP contribution < -0.4 is 0 Å². The molecule has 17 heavy (non-hydrogen) atoms. The number of hydrogen-bond acceptors (Lipinski definition) is 3. The van der Waals surface area contributed by atoms with Crippen molar-refractivity contribution in [2.45, 2.75) is 31.7 Å². The number of likely N-dealkylation sites (N-methyl/N-ethyl adjacent to an activating group) is 1. The van der Waals surface area contributed by atoms with Crippen molar-refractivity contribution >= 4 is 11.3 Å². The summed E-state index contributed by atoms with van der Waals surface area (Å²) in [6.45, 7) is 1.46. The van der Waals surface area contributed by atoms with Crippen LogP contribution in [0, 0.1) is 0 Å². The molecule has 0 aliphatic carbocycles. The van der Waals surface area contributed by atoms with Crippen LogP contribution in [0.15, 0.2) is 17.5 Å². The molecule has 98 valence electrons. The second kappa shape index (κ2) is 5.84. The topological polar surface area (TPSA) is 23.5 Å². The van der Waals surface area contributed by atoms with Gasteiger partial charge in [0.1, 0.15) is 0 Å². The summed E-state index contributed by atoms with van der Waals surface area (Å²) in [6.07, 6.45) is -6.13. The lowest BCUT2D eigenvalue weighted by Crippen LogP contribution is -2.43. The van der Waals surface area contributed by atoms with Crippen LogP contribution in [0.3, 0.4) is 0 Å². The molecule has 6 heteroatoms. The number of aliphatic hydroxyl groups is 1. The molecule has 0 aliphatic heterocycles. The van der Waals surface area contributed by atoms with E-state index in [1.807, 2.05) is 24.4 Å². The zero-order valence-electron chi connectivity index (χ0n) is 9.74. The molecule has 2 nitrogen and oxygen atoms in total. The highest BCUT2D eigenvalue weighted by Gasteiger charge is 2.39. The number of rotatable bonds is 5. The number of alkyl halides is 3. The van der Waals surface area contributed by atoms with E-state index < -0.39 is 18.8 Å². The first-order valence-electron chi connectivity index (χ1n) is 5.28. The smallest absolute Gasteiger partial charge is 0.382 e. The monoisotopic (exact) mass is 267 g/mol. The SMILES string of the molecule is CC(Cc1cccs1)N(C)CC(O)C(F)(F)F. The van der Waals surface area contributed by atoms with Crippen LogP contribution in [0.5, 0.6) is 0 Å². The van der Waals surface area contributed by atoms with Crippen LogP contribution in [-0.2, 0) is 6.42 Å². The minimum absolute atomic E-state index is 0.0364. The molecule has 1 N–H and O–H groups in total. The second-order valence-electron chi connectivity index (χ2n) is 4.13. The summed E-state index contributed by atoms with van der Waals surface area (Å²) in [5.74, 6) is 0. The number of nitrogens with zero attached hydrogens (tertiary/aromatic N) is 1. The van der Waals surface area contributed by atoms with Crippen LogP contribution in [-0.4, -0.2) is 41.9 Å². The van der Waals surface area contributed by atoms with Crippen molar-refractivity contribution in [3.63, 3.8) is 0 Å². The Balaban J connectivity index is 2.44. The van der Waals surface area contributed by atoms with E-state index in [2.05, 4.69) is 0 Å². The first-order chi connectivity index (χ1) is 7.80. The first-order valence-corrected chi connectivity index (χ1v) is 6.16. The van der Waals surface area contributed by atoms with E-state index in [1.54, 1.807) is 18.4 Å². The Hall–Kier alpha value is -0.590. The third kappa shape index (κ3) is 4.65. The molecule has 1 rings (SSSR count). The Bertz CT molecular complexity index is 326. The summed E-state index contributed by atoms with van der Waals surface area (Å²) in [6, 6.07) is 3.83. The predicted molar refractivity (Wildman–Crippen MR) is 62.2 cm³/mol. The van der Waals surface area contributed by atoms with Gasteiger partial charge in [-0.05, 0) is 31.8 Å². The van der Waals surface area contributed by atoms with Crippen LogP contribution in [0.25, 0.3) is 0 Å². The van der Waals surface area contributed by atoms with Gasteiger partial charge in [0.2, 0.25) is 0 Å². The molecule has 0 aliphatic rings. The van der Waals surface area contributed by atoms with Gasteiger partial charge in [0.25, 0.3) is 0 Å². The lowest BCUT2D eigenvalue weighted by atomic mass is 10.1. The van der Waals surface area contributed by atoms with Crippen LogP contribution in [0.4, 0.5) is 13.2 Å². The van der Waals surface area contributed by atoms with Crippen molar-refractivity contribution in [2.24, 2.45) is 0 Å². The number of aliphatic hydroxyl groups excluding tert-OH is 1. The third-order valence-electron chi connectivity index (χ3n) is 2.67. The number of hydrogen-bond donors (Lipinski definition) is 1. The third-order valence-corrected chi connectivity index (χ3v) is 3.57. The molecular formula is C11H16F3NOS. The molecule has 0 spiro atoms. The van der Waals surface area contributed by atoms with Gasteiger partial charge < -0.3 is 10.0 Å². The van der Waals surface area contributed by atoms with Crippen LogP contribution in [0.2, 0.25) is 0 Å². The van der Waals surface area contributed by atoms with Crippen molar-refractivity contribution in [2.75, 3.05) is 13.6 Å². The summed E-state index contributed by atoms with van der Waals surface area (Å²) in [4.78, 5) is 2.66. The Morgan fingerprint density at radius 1 is 1.47 bits per heavy atom. The van der Waals surface area contributed by atoms with Gasteiger partial charge in [-0.25, -0.2) is 0 Å². The average Bonchev–Trinajstić information content (AvgIpc) is 2.68. The maximum atomic E-state index is 12.2. The van der Waals surface area contributed by atoms with Crippen molar-refractivity contribution in [3.8, 4) is 0 Å². The molecule has 1 aromatic rings. The minimum Gasteiger partial charge on any atom is -0.382 e. The molecule has 0 aromatic carbocycles. The standard InChI is InChI=1S/C11H16F3NOS/c1-8(6-9-4-3-5-17-9)15(2)7-10(16)11(12,13)14/h3-5,8,10,16H,6-7H2,1-2H3. The van der Waals surface area contributed by atoms with E-state index in [9.17, 15) is 13.2 Å². The molecule has 0 bridgehead atoms. The maximum absolute atomic E-state index is 12.2. The average molecular weight is 267 g/mol. The van der Waals surface area contributed by atoms with Crippen LogP contribution in [0.1, 0.15) is 11.8 Å². The largest absolute Gasteiger partial charge is 0.415 e. The molecular weight excluding hydrogens is 251 g/mol. The Labute approximate surface area is 103 Å². The van der Waals surface area contributed by atoms with Gasteiger partial charge in [0.15, 0.2) is 6.10 Å². The van der Waals surface area contributed by atoms with Crippen molar-refractivity contribution in [1.29, 1.82) is 0 Å². The predicted octanol–water partition coefficient (Wildman–Crippen LogP) is 2.53. The summed E-state index contributed by atoms with van der Waals surface area (Å²) in [5, 5.41) is 10.9. The highest BCUT2D eigenvalue weighted by molar-refractivity contribution is 7.09. The Kier molecular flexibility index (Phi) is 4.97. The molecule has 1 aromatic heterocycles. The maximum Gasteiger partial charge on any atom is 0.415 e. The molecule has 0 fully saturated rings. The second-order valence-corrected chi connectivity index (χ2v) is 5.16. The van der Waals surface area contributed by atoms with E-state index in [0.29, 0.717) is 6.42 Å². The fourth-order valence-corrected chi connectivity index (χ4v) is 2.26. The van der Waals surface area contributed by atoms with Gasteiger partial charge >= 0.3 is 6.18 Å².